The number of hydrogen-bond donors (Lipinski definition) is 1. The zero-order valence-corrected chi connectivity index (χ0v) is 18.3. The molecule has 170 valence electrons. The van der Waals surface area contributed by atoms with E-state index in [2.05, 4.69) is 6.58 Å². The van der Waals surface area contributed by atoms with Crippen molar-refractivity contribution in [1.29, 1.82) is 0 Å². The Labute approximate surface area is 180 Å². The number of ether oxygens (including phenoxy) is 5. The summed E-state index contributed by atoms with van der Waals surface area (Å²) in [5.74, 6) is -2.01. The molecule has 3 saturated heterocycles. The normalized spacial score (nSPS) is 47.8. The van der Waals surface area contributed by atoms with Crippen LogP contribution in [0.25, 0.3) is 0 Å². The Hall–Kier alpha value is -2.23. The average molecular weight is 436 g/mol. The SMILES string of the molecule is C=C1C(=O)O[C@@H]2[C@]3(C)CC/C=C(/C)[C@@H](OC(C)=O)[C@@H](OC(=O)[C@]4(C)O[C@@H]4C)[C@@]12O[C@H]3O. The number of carbonyl (C=O) groups excluding carboxylic acids is 3. The zero-order valence-electron chi connectivity index (χ0n) is 18.3. The van der Waals surface area contributed by atoms with Crippen LogP contribution in [0.5, 0.6) is 0 Å². The summed E-state index contributed by atoms with van der Waals surface area (Å²) < 4.78 is 28.5. The molecule has 1 aliphatic carbocycles. The van der Waals surface area contributed by atoms with Crippen LogP contribution in [0.2, 0.25) is 0 Å². The van der Waals surface area contributed by atoms with E-state index in [4.69, 9.17) is 23.7 Å². The quantitative estimate of drug-likeness (QED) is 0.230. The molecule has 0 aromatic heterocycles. The lowest BCUT2D eigenvalue weighted by Crippen LogP contribution is -2.59. The van der Waals surface area contributed by atoms with Crippen LogP contribution in [0, 0.1) is 5.41 Å². The maximum atomic E-state index is 13.1. The predicted molar refractivity (Wildman–Crippen MR) is 104 cm³/mol. The maximum Gasteiger partial charge on any atom is 0.341 e. The van der Waals surface area contributed by atoms with Crippen LogP contribution < -0.4 is 0 Å². The molecule has 3 heterocycles. The standard InChI is InChI=1S/C22H28O9/c1-10-8-7-9-20(5)17-22(31-18(20)25,11(2)16(24)29-17)15(14(10)27-13(4)23)28-19(26)21(6)12(3)30-21/h8,12,14-15,17-18,25H,2,7,9H2,1,3-6H3/b10-8-/t12-,14-,15-,17-,18-,20+,21-,22+/m1/s1. The number of aliphatic hydroxyl groups is 1. The average Bonchev–Trinajstić information content (AvgIpc) is 3.14. The van der Waals surface area contributed by atoms with Crippen molar-refractivity contribution >= 4 is 17.9 Å². The lowest BCUT2D eigenvalue weighted by molar-refractivity contribution is -0.213. The summed E-state index contributed by atoms with van der Waals surface area (Å²) in [5.41, 5.74) is -3.37. The lowest BCUT2D eigenvalue weighted by Gasteiger charge is -2.39. The third kappa shape index (κ3) is 2.97. The Morgan fingerprint density at radius 1 is 1.26 bits per heavy atom. The van der Waals surface area contributed by atoms with Crippen molar-refractivity contribution in [2.75, 3.05) is 0 Å². The van der Waals surface area contributed by atoms with Gasteiger partial charge in [-0.2, -0.15) is 0 Å². The monoisotopic (exact) mass is 436 g/mol. The summed E-state index contributed by atoms with van der Waals surface area (Å²) in [6.45, 7) is 11.9. The molecule has 0 unspecified atom stereocenters. The van der Waals surface area contributed by atoms with E-state index >= 15 is 0 Å². The Morgan fingerprint density at radius 2 is 1.90 bits per heavy atom. The van der Waals surface area contributed by atoms with E-state index in [9.17, 15) is 19.5 Å². The first-order chi connectivity index (χ1) is 14.4. The molecule has 0 amide bonds. The third-order valence-corrected chi connectivity index (χ3v) is 7.17. The van der Waals surface area contributed by atoms with E-state index < -0.39 is 59.1 Å². The highest BCUT2D eigenvalue weighted by Gasteiger charge is 2.75. The summed E-state index contributed by atoms with van der Waals surface area (Å²) in [6, 6.07) is 0. The number of hydrogen-bond acceptors (Lipinski definition) is 9. The van der Waals surface area contributed by atoms with Crippen LogP contribution in [-0.2, 0) is 38.1 Å². The number of carbonyl (C=O) groups is 3. The minimum atomic E-state index is -1.73. The highest BCUT2D eigenvalue weighted by Crippen LogP contribution is 2.58. The van der Waals surface area contributed by atoms with Gasteiger partial charge in [0.15, 0.2) is 29.7 Å². The third-order valence-electron chi connectivity index (χ3n) is 7.17. The fourth-order valence-electron chi connectivity index (χ4n) is 4.89. The first-order valence-corrected chi connectivity index (χ1v) is 10.4. The molecule has 9 nitrogen and oxygen atoms in total. The Bertz CT molecular complexity index is 893. The van der Waals surface area contributed by atoms with Crippen molar-refractivity contribution in [3.05, 3.63) is 23.8 Å². The van der Waals surface area contributed by atoms with Gasteiger partial charge in [-0.15, -0.1) is 0 Å². The largest absolute Gasteiger partial charge is 0.455 e. The van der Waals surface area contributed by atoms with Gasteiger partial charge in [0.25, 0.3) is 0 Å². The summed E-state index contributed by atoms with van der Waals surface area (Å²) in [5, 5.41) is 10.9. The summed E-state index contributed by atoms with van der Waals surface area (Å²) in [6.07, 6.45) is -2.30. The molecule has 0 saturated carbocycles. The maximum absolute atomic E-state index is 13.1. The van der Waals surface area contributed by atoms with E-state index in [0.29, 0.717) is 18.4 Å². The molecule has 31 heavy (non-hydrogen) atoms. The molecule has 3 fully saturated rings. The fraction of sp³-hybridized carbons (Fsp3) is 0.682. The highest BCUT2D eigenvalue weighted by atomic mass is 16.7. The van der Waals surface area contributed by atoms with Crippen molar-refractivity contribution < 1.29 is 43.2 Å². The van der Waals surface area contributed by atoms with E-state index in [1.165, 1.54) is 6.92 Å². The van der Waals surface area contributed by atoms with Gasteiger partial charge >= 0.3 is 17.9 Å². The summed E-state index contributed by atoms with van der Waals surface area (Å²) in [7, 11) is 0. The highest BCUT2D eigenvalue weighted by molar-refractivity contribution is 5.94. The summed E-state index contributed by atoms with van der Waals surface area (Å²) >= 11 is 0. The smallest absolute Gasteiger partial charge is 0.341 e. The first kappa shape index (κ1) is 22.0. The van der Waals surface area contributed by atoms with Gasteiger partial charge in [-0.3, -0.25) is 4.79 Å². The lowest BCUT2D eigenvalue weighted by atomic mass is 9.72. The van der Waals surface area contributed by atoms with Gasteiger partial charge in [-0.25, -0.2) is 9.59 Å². The number of rotatable bonds is 3. The molecule has 3 aliphatic heterocycles. The second-order valence-electron chi connectivity index (χ2n) is 9.24. The van der Waals surface area contributed by atoms with Gasteiger partial charge in [0.1, 0.15) is 6.10 Å². The number of allylic oxidation sites excluding steroid dienone is 1. The van der Waals surface area contributed by atoms with Gasteiger partial charge in [0, 0.05) is 6.92 Å². The molecule has 0 aromatic carbocycles. The number of esters is 3. The van der Waals surface area contributed by atoms with Gasteiger partial charge in [-0.1, -0.05) is 19.6 Å². The topological polar surface area (TPSA) is 121 Å². The van der Waals surface area contributed by atoms with E-state index in [1.807, 2.05) is 6.08 Å². The van der Waals surface area contributed by atoms with E-state index in [1.54, 1.807) is 27.7 Å². The molecule has 4 rings (SSSR count). The number of epoxide rings is 1. The Morgan fingerprint density at radius 3 is 2.48 bits per heavy atom. The molecular weight excluding hydrogens is 408 g/mol. The van der Waals surface area contributed by atoms with E-state index in [0.717, 1.165) is 0 Å². The molecule has 4 aliphatic rings. The van der Waals surface area contributed by atoms with Gasteiger partial charge in [-0.05, 0) is 39.2 Å². The van der Waals surface area contributed by atoms with Crippen LogP contribution >= 0.6 is 0 Å². The fourth-order valence-corrected chi connectivity index (χ4v) is 4.89. The second-order valence-corrected chi connectivity index (χ2v) is 9.24. The summed E-state index contributed by atoms with van der Waals surface area (Å²) in [4.78, 5) is 37.7. The Balaban J connectivity index is 1.88. The van der Waals surface area contributed by atoms with Crippen molar-refractivity contribution in [2.24, 2.45) is 5.41 Å². The van der Waals surface area contributed by atoms with Crippen LogP contribution in [0.1, 0.15) is 47.5 Å². The molecular formula is C22H28O9. The van der Waals surface area contributed by atoms with Crippen molar-refractivity contribution in [2.45, 2.75) is 89.4 Å². The van der Waals surface area contributed by atoms with Crippen molar-refractivity contribution in [3.8, 4) is 0 Å². The predicted octanol–water partition coefficient (Wildman–Crippen LogP) is 1.32. The second kappa shape index (κ2) is 6.88. The van der Waals surface area contributed by atoms with Crippen LogP contribution in [-0.4, -0.2) is 64.9 Å². The minimum Gasteiger partial charge on any atom is -0.455 e. The molecule has 0 spiro atoms. The van der Waals surface area contributed by atoms with Crippen molar-refractivity contribution in [3.63, 3.8) is 0 Å². The van der Waals surface area contributed by atoms with Gasteiger partial charge in [0.05, 0.1) is 17.1 Å². The molecule has 0 radical (unpaired) electrons. The molecule has 9 heteroatoms. The molecule has 1 N–H and O–H groups in total. The molecule has 2 bridgehead atoms. The number of aliphatic hydroxyl groups excluding tert-OH is 1. The van der Waals surface area contributed by atoms with Crippen LogP contribution in [0.3, 0.4) is 0 Å². The minimum absolute atomic E-state index is 0.0974. The van der Waals surface area contributed by atoms with Crippen LogP contribution in [0.4, 0.5) is 0 Å². The zero-order chi connectivity index (χ0) is 22.9. The van der Waals surface area contributed by atoms with Crippen LogP contribution in [0.15, 0.2) is 23.8 Å². The van der Waals surface area contributed by atoms with Gasteiger partial charge in [0.2, 0.25) is 0 Å². The van der Waals surface area contributed by atoms with Gasteiger partial charge < -0.3 is 28.8 Å². The van der Waals surface area contributed by atoms with E-state index in [-0.39, 0.29) is 11.7 Å². The Kier molecular flexibility index (Phi) is 4.88. The van der Waals surface area contributed by atoms with Crippen molar-refractivity contribution in [1.82, 2.24) is 0 Å². The molecule has 0 aromatic rings. The first-order valence-electron chi connectivity index (χ1n) is 10.4. The molecule has 8 atom stereocenters.